The van der Waals surface area contributed by atoms with Crippen molar-refractivity contribution in [3.63, 3.8) is 0 Å². The minimum atomic E-state index is -0.485. The molecular weight excluding hydrogens is 274 g/mol. The maximum atomic E-state index is 11.9. The second-order valence-electron chi connectivity index (χ2n) is 5.61. The molecule has 6 heteroatoms. The number of nitrogens with one attached hydrogen (secondary N) is 1. The molecule has 0 aromatic carbocycles. The Bertz CT molecular complexity index is 426. The normalized spacial score (nSPS) is 13.1. The third-order valence-corrected chi connectivity index (χ3v) is 3.33. The van der Waals surface area contributed by atoms with Crippen LogP contribution in [-0.4, -0.2) is 33.3 Å². The number of carbonyl (C=O) groups excluding carboxylic acids is 1. The largest absolute Gasteiger partial charge is 0.444 e. The van der Waals surface area contributed by atoms with Gasteiger partial charge in [0.1, 0.15) is 5.60 Å². The molecule has 0 spiro atoms. The lowest BCUT2D eigenvalue weighted by Gasteiger charge is -2.23. The zero-order valence-electron chi connectivity index (χ0n) is 13.0. The number of hydrogen-bond donors (Lipinski definition) is 1. The van der Waals surface area contributed by atoms with Crippen molar-refractivity contribution < 1.29 is 9.53 Å². The van der Waals surface area contributed by atoms with Gasteiger partial charge >= 0.3 is 6.09 Å². The average molecular weight is 299 g/mol. The van der Waals surface area contributed by atoms with E-state index in [1.165, 1.54) is 0 Å². The summed E-state index contributed by atoms with van der Waals surface area (Å²) in [5.74, 6) is 1.02. The van der Waals surface area contributed by atoms with Crippen LogP contribution in [0.5, 0.6) is 0 Å². The molecule has 1 aromatic heterocycles. The predicted octanol–water partition coefficient (Wildman–Crippen LogP) is 3.22. The minimum Gasteiger partial charge on any atom is -0.444 e. The zero-order valence-corrected chi connectivity index (χ0v) is 13.8. The second kappa shape index (κ2) is 7.57. The van der Waals surface area contributed by atoms with E-state index in [4.69, 9.17) is 4.74 Å². The molecule has 0 unspecified atom stereocenters. The predicted molar refractivity (Wildman–Crippen MR) is 83.0 cm³/mol. The number of rotatable bonds is 6. The van der Waals surface area contributed by atoms with E-state index in [2.05, 4.69) is 21.1 Å². The van der Waals surface area contributed by atoms with Crippen LogP contribution in [0.15, 0.2) is 12.5 Å². The molecule has 1 aromatic rings. The molecule has 0 bridgehead atoms. The number of ether oxygens (including phenoxy) is 1. The fraction of sp³-hybridized carbons (Fsp3) is 0.714. The van der Waals surface area contributed by atoms with Crippen molar-refractivity contribution in [1.82, 2.24) is 14.9 Å². The molecule has 0 aliphatic heterocycles. The summed E-state index contributed by atoms with van der Waals surface area (Å²) in [6.45, 7) is 8.50. The summed E-state index contributed by atoms with van der Waals surface area (Å²) in [6.07, 6.45) is 6.11. The highest BCUT2D eigenvalue weighted by Crippen LogP contribution is 2.18. The SMILES string of the molecule is CC[C@@H](NC(=O)OC(C)(C)C)c1cncn1CCSC. The van der Waals surface area contributed by atoms with Gasteiger partial charge in [-0.15, -0.1) is 0 Å². The van der Waals surface area contributed by atoms with E-state index in [1.54, 1.807) is 11.8 Å². The molecule has 0 saturated carbocycles. The number of alkyl carbamates (subject to hydrolysis) is 1. The maximum Gasteiger partial charge on any atom is 0.408 e. The number of aromatic nitrogens is 2. The van der Waals surface area contributed by atoms with Gasteiger partial charge in [-0.25, -0.2) is 9.78 Å². The Kier molecular flexibility index (Phi) is 6.39. The Morgan fingerprint density at radius 3 is 2.80 bits per heavy atom. The standard InChI is InChI=1S/C14H25N3O2S/c1-6-11(16-13(18)19-14(2,3)4)12-9-15-10-17(12)7-8-20-5/h9-11H,6-8H2,1-5H3,(H,16,18)/t11-/m1/s1. The van der Waals surface area contributed by atoms with Gasteiger partial charge < -0.3 is 14.6 Å². The van der Waals surface area contributed by atoms with Crippen LogP contribution in [0.2, 0.25) is 0 Å². The van der Waals surface area contributed by atoms with E-state index in [-0.39, 0.29) is 12.1 Å². The fourth-order valence-electron chi connectivity index (χ4n) is 1.83. The Morgan fingerprint density at radius 2 is 2.25 bits per heavy atom. The third-order valence-electron chi connectivity index (χ3n) is 2.74. The van der Waals surface area contributed by atoms with E-state index in [1.807, 2.05) is 40.2 Å². The highest BCUT2D eigenvalue weighted by atomic mass is 32.2. The first kappa shape index (κ1) is 16.9. The summed E-state index contributed by atoms with van der Waals surface area (Å²) in [5, 5.41) is 2.91. The monoisotopic (exact) mass is 299 g/mol. The molecular formula is C14H25N3O2S. The molecule has 0 radical (unpaired) electrons. The number of thioether (sulfide) groups is 1. The lowest BCUT2D eigenvalue weighted by molar-refractivity contribution is 0.0500. The minimum absolute atomic E-state index is 0.0748. The van der Waals surface area contributed by atoms with Gasteiger partial charge in [-0.1, -0.05) is 6.92 Å². The van der Waals surface area contributed by atoms with Crippen LogP contribution >= 0.6 is 11.8 Å². The quantitative estimate of drug-likeness (QED) is 0.876. The Morgan fingerprint density at radius 1 is 1.55 bits per heavy atom. The van der Waals surface area contributed by atoms with Gasteiger partial charge in [0, 0.05) is 12.3 Å². The average Bonchev–Trinajstić information content (AvgIpc) is 2.79. The van der Waals surface area contributed by atoms with Gasteiger partial charge in [-0.05, 0) is 33.4 Å². The van der Waals surface area contributed by atoms with E-state index < -0.39 is 5.60 Å². The highest BCUT2D eigenvalue weighted by Gasteiger charge is 2.21. The van der Waals surface area contributed by atoms with Crippen molar-refractivity contribution in [2.75, 3.05) is 12.0 Å². The zero-order chi connectivity index (χ0) is 15.2. The van der Waals surface area contributed by atoms with Crippen LogP contribution in [0.4, 0.5) is 4.79 Å². The molecule has 1 N–H and O–H groups in total. The molecule has 0 aliphatic rings. The van der Waals surface area contributed by atoms with Gasteiger partial charge in [0.05, 0.1) is 24.3 Å². The smallest absolute Gasteiger partial charge is 0.408 e. The van der Waals surface area contributed by atoms with Crippen LogP contribution in [0.3, 0.4) is 0 Å². The van der Waals surface area contributed by atoms with Crippen LogP contribution in [-0.2, 0) is 11.3 Å². The molecule has 114 valence electrons. The van der Waals surface area contributed by atoms with Gasteiger partial charge in [0.15, 0.2) is 0 Å². The van der Waals surface area contributed by atoms with Crippen LogP contribution in [0, 0.1) is 0 Å². The molecule has 1 heterocycles. The number of hydrogen-bond acceptors (Lipinski definition) is 4. The number of nitrogens with zero attached hydrogens (tertiary/aromatic N) is 2. The number of carbonyl (C=O) groups is 1. The summed E-state index contributed by atoms with van der Waals surface area (Å²) in [7, 11) is 0. The summed E-state index contributed by atoms with van der Waals surface area (Å²) >= 11 is 1.79. The summed E-state index contributed by atoms with van der Waals surface area (Å²) in [6, 6.07) is -0.0748. The molecule has 1 rings (SSSR count). The van der Waals surface area contributed by atoms with E-state index in [9.17, 15) is 4.79 Å². The first-order chi connectivity index (χ1) is 9.37. The van der Waals surface area contributed by atoms with Gasteiger partial charge in [-0.3, -0.25) is 0 Å². The van der Waals surface area contributed by atoms with Gasteiger partial charge in [0.2, 0.25) is 0 Å². The van der Waals surface area contributed by atoms with Crippen molar-refractivity contribution in [1.29, 1.82) is 0 Å². The third kappa shape index (κ3) is 5.45. The van der Waals surface area contributed by atoms with Crippen molar-refractivity contribution in [3.05, 3.63) is 18.2 Å². The molecule has 5 nitrogen and oxygen atoms in total. The fourth-order valence-corrected chi connectivity index (χ4v) is 2.21. The number of amides is 1. The number of imidazole rings is 1. The van der Waals surface area contributed by atoms with E-state index >= 15 is 0 Å². The highest BCUT2D eigenvalue weighted by molar-refractivity contribution is 7.98. The molecule has 0 fully saturated rings. The van der Waals surface area contributed by atoms with Crippen LogP contribution in [0.25, 0.3) is 0 Å². The Balaban J connectivity index is 2.71. The Labute approximate surface area is 125 Å². The molecule has 1 atom stereocenters. The molecule has 1 amide bonds. The second-order valence-corrected chi connectivity index (χ2v) is 6.60. The molecule has 20 heavy (non-hydrogen) atoms. The first-order valence-corrected chi connectivity index (χ1v) is 8.25. The topological polar surface area (TPSA) is 56.1 Å². The lowest BCUT2D eigenvalue weighted by Crippen LogP contribution is -2.35. The number of aryl methyl sites for hydroxylation is 1. The van der Waals surface area contributed by atoms with Crippen molar-refractivity contribution >= 4 is 17.9 Å². The van der Waals surface area contributed by atoms with E-state index in [0.717, 1.165) is 24.4 Å². The molecule has 0 aliphatic carbocycles. The summed E-state index contributed by atoms with van der Waals surface area (Å²) in [4.78, 5) is 16.1. The van der Waals surface area contributed by atoms with Crippen molar-refractivity contribution in [3.8, 4) is 0 Å². The van der Waals surface area contributed by atoms with Crippen LogP contribution in [0.1, 0.15) is 45.9 Å². The van der Waals surface area contributed by atoms with Gasteiger partial charge in [0.25, 0.3) is 0 Å². The lowest BCUT2D eigenvalue weighted by atomic mass is 10.1. The van der Waals surface area contributed by atoms with Crippen LogP contribution < -0.4 is 5.32 Å². The Hall–Kier alpha value is -1.17. The first-order valence-electron chi connectivity index (χ1n) is 6.86. The van der Waals surface area contributed by atoms with Crippen molar-refractivity contribution in [2.24, 2.45) is 0 Å². The van der Waals surface area contributed by atoms with E-state index in [0.29, 0.717) is 0 Å². The maximum absolute atomic E-state index is 11.9. The van der Waals surface area contributed by atoms with Gasteiger partial charge in [-0.2, -0.15) is 11.8 Å². The summed E-state index contributed by atoms with van der Waals surface area (Å²) in [5.41, 5.74) is 0.536. The van der Waals surface area contributed by atoms with Crippen molar-refractivity contribution in [2.45, 2.75) is 52.3 Å². The molecule has 0 saturated heterocycles. The summed E-state index contributed by atoms with van der Waals surface area (Å²) < 4.78 is 7.39.